The average Bonchev–Trinajstić information content (AvgIpc) is 3.26. The number of hydrazone groups is 1. The lowest BCUT2D eigenvalue weighted by Gasteiger charge is -2.30. The van der Waals surface area contributed by atoms with Crippen molar-refractivity contribution >= 4 is 29.5 Å². The van der Waals surface area contributed by atoms with Gasteiger partial charge < -0.3 is 4.74 Å². The maximum atomic E-state index is 13.5. The van der Waals surface area contributed by atoms with Crippen molar-refractivity contribution in [2.75, 3.05) is 12.0 Å². The molecule has 156 valence electrons. The number of anilines is 1. The minimum Gasteiger partial charge on any atom is -0.495 e. The lowest BCUT2D eigenvalue weighted by atomic mass is 9.86. The summed E-state index contributed by atoms with van der Waals surface area (Å²) in [6, 6.07) is 10.4. The highest BCUT2D eigenvalue weighted by Gasteiger charge is 2.64. The Hall–Kier alpha value is -3.81. The summed E-state index contributed by atoms with van der Waals surface area (Å²) in [6.07, 6.45) is 5.00. The van der Waals surface area contributed by atoms with Crippen LogP contribution in [0.1, 0.15) is 10.4 Å². The van der Waals surface area contributed by atoms with E-state index in [-0.39, 0.29) is 11.3 Å². The number of allylic oxidation sites excluding steroid dienone is 1. The summed E-state index contributed by atoms with van der Waals surface area (Å²) >= 11 is 0. The van der Waals surface area contributed by atoms with Crippen LogP contribution in [0.2, 0.25) is 0 Å². The fourth-order valence-electron chi connectivity index (χ4n) is 4.67. The fourth-order valence-corrected chi connectivity index (χ4v) is 4.67. The largest absolute Gasteiger partial charge is 0.495 e. The van der Waals surface area contributed by atoms with Crippen molar-refractivity contribution in [3.05, 3.63) is 72.1 Å². The molecule has 3 aliphatic rings. The van der Waals surface area contributed by atoms with Gasteiger partial charge in [0.25, 0.3) is 0 Å². The summed E-state index contributed by atoms with van der Waals surface area (Å²) in [7, 11) is 1.46. The van der Waals surface area contributed by atoms with Crippen molar-refractivity contribution in [2.45, 2.75) is 12.1 Å². The van der Waals surface area contributed by atoms with Crippen LogP contribution in [-0.4, -0.2) is 48.0 Å². The Kier molecular flexibility index (Phi) is 4.43. The van der Waals surface area contributed by atoms with Gasteiger partial charge in [-0.25, -0.2) is 9.29 Å². The van der Waals surface area contributed by atoms with E-state index in [0.29, 0.717) is 11.4 Å². The van der Waals surface area contributed by atoms with Gasteiger partial charge in [-0.2, -0.15) is 5.10 Å². The van der Waals surface area contributed by atoms with Gasteiger partial charge in [-0.15, -0.1) is 0 Å². The summed E-state index contributed by atoms with van der Waals surface area (Å²) in [6.45, 7) is 0. The zero-order chi connectivity index (χ0) is 21.7. The van der Waals surface area contributed by atoms with Crippen LogP contribution >= 0.6 is 0 Å². The number of rotatable bonds is 4. The molecular formula is C23H18FN3O4. The normalized spacial score (nSPS) is 26.3. The first-order valence-electron chi connectivity index (χ1n) is 9.82. The Bertz CT molecular complexity index is 1140. The van der Waals surface area contributed by atoms with Crippen LogP contribution in [0.4, 0.5) is 10.1 Å². The second-order valence-electron chi connectivity index (χ2n) is 7.57. The highest BCUT2D eigenvalue weighted by Crippen LogP contribution is 2.47. The number of ketones is 1. The molecule has 0 saturated carbocycles. The first-order chi connectivity index (χ1) is 15.0. The number of nitrogens with zero attached hydrogens (tertiary/aromatic N) is 3. The van der Waals surface area contributed by atoms with E-state index in [9.17, 15) is 18.8 Å². The lowest BCUT2D eigenvalue weighted by Crippen LogP contribution is -2.46. The standard InChI is InChI=1S/C23H18FN3O4/c1-31-17-7-3-2-5-15(17)26-22(29)18-16-6-4-12-25-27(16)20(19(18)23(26)30)21(28)13-8-10-14(24)11-9-13/h2-12,16,18-20H,1H3/t16-,18-,19-,20+/m0/s1. The van der Waals surface area contributed by atoms with Crippen LogP contribution in [0.5, 0.6) is 5.75 Å². The molecule has 2 aromatic rings. The molecule has 8 heteroatoms. The third-order valence-electron chi connectivity index (χ3n) is 6.01. The Morgan fingerprint density at radius 3 is 2.48 bits per heavy atom. The van der Waals surface area contributed by atoms with Crippen molar-refractivity contribution < 1.29 is 23.5 Å². The number of benzene rings is 2. The molecule has 0 radical (unpaired) electrons. The van der Waals surface area contributed by atoms with Gasteiger partial charge in [0.15, 0.2) is 5.78 Å². The van der Waals surface area contributed by atoms with Gasteiger partial charge in [-0.3, -0.25) is 19.4 Å². The van der Waals surface area contributed by atoms with Crippen LogP contribution in [0.15, 0.2) is 65.8 Å². The molecule has 2 saturated heterocycles. The zero-order valence-electron chi connectivity index (χ0n) is 16.5. The van der Waals surface area contributed by atoms with Gasteiger partial charge in [0.1, 0.15) is 17.6 Å². The molecule has 3 heterocycles. The van der Waals surface area contributed by atoms with Gasteiger partial charge in [0.05, 0.1) is 30.7 Å². The third kappa shape index (κ3) is 2.78. The monoisotopic (exact) mass is 419 g/mol. The first-order valence-corrected chi connectivity index (χ1v) is 9.82. The molecule has 0 bridgehead atoms. The molecule has 3 aliphatic heterocycles. The number of halogens is 1. The molecule has 0 unspecified atom stereocenters. The molecule has 0 spiro atoms. The minimum atomic E-state index is -0.974. The number of fused-ring (bicyclic) bond motifs is 3. The molecule has 2 aromatic carbocycles. The Morgan fingerprint density at radius 2 is 1.74 bits per heavy atom. The Labute approximate surface area is 177 Å². The highest BCUT2D eigenvalue weighted by molar-refractivity contribution is 6.25. The number of methoxy groups -OCH3 is 1. The van der Waals surface area contributed by atoms with Crippen LogP contribution in [0.3, 0.4) is 0 Å². The van der Waals surface area contributed by atoms with E-state index < -0.39 is 41.6 Å². The summed E-state index contributed by atoms with van der Waals surface area (Å²) in [5.74, 6) is -3.01. The van der Waals surface area contributed by atoms with Crippen LogP contribution in [0.25, 0.3) is 0 Å². The van der Waals surface area contributed by atoms with Crippen molar-refractivity contribution in [1.29, 1.82) is 0 Å². The predicted molar refractivity (Wildman–Crippen MR) is 110 cm³/mol. The number of carbonyl (C=O) groups is 3. The van der Waals surface area contributed by atoms with Gasteiger partial charge in [0.2, 0.25) is 11.8 Å². The molecular weight excluding hydrogens is 401 g/mol. The zero-order valence-corrected chi connectivity index (χ0v) is 16.5. The molecule has 0 aliphatic carbocycles. The quantitative estimate of drug-likeness (QED) is 0.562. The van der Waals surface area contributed by atoms with Crippen molar-refractivity contribution in [3.8, 4) is 5.75 Å². The second kappa shape index (κ2) is 7.16. The first kappa shape index (κ1) is 19.2. The smallest absolute Gasteiger partial charge is 0.240 e. The van der Waals surface area contributed by atoms with Crippen LogP contribution in [-0.2, 0) is 9.59 Å². The van der Waals surface area contributed by atoms with Gasteiger partial charge in [0, 0.05) is 11.8 Å². The van der Waals surface area contributed by atoms with Gasteiger partial charge >= 0.3 is 0 Å². The van der Waals surface area contributed by atoms with Gasteiger partial charge in [-0.1, -0.05) is 18.2 Å². The number of amides is 2. The van der Waals surface area contributed by atoms with Gasteiger partial charge in [-0.05, 0) is 42.5 Å². The molecule has 0 aromatic heterocycles. The molecule has 2 fully saturated rings. The van der Waals surface area contributed by atoms with Crippen LogP contribution in [0, 0.1) is 17.7 Å². The number of imide groups is 1. The van der Waals surface area contributed by atoms with E-state index in [1.54, 1.807) is 36.4 Å². The van der Waals surface area contributed by atoms with E-state index in [0.717, 1.165) is 4.90 Å². The summed E-state index contributed by atoms with van der Waals surface area (Å²) in [5, 5.41) is 5.82. The third-order valence-corrected chi connectivity index (χ3v) is 6.01. The molecule has 7 nitrogen and oxygen atoms in total. The molecule has 0 N–H and O–H groups in total. The Balaban J connectivity index is 1.59. The SMILES string of the molecule is COc1ccccc1N1C(=O)[C@@H]2[C@H](C1=O)[C@H](C(=O)c1ccc(F)cc1)N1N=CC=C[C@@H]21. The fraction of sp³-hybridized carbons (Fsp3) is 0.217. The topological polar surface area (TPSA) is 79.3 Å². The number of carbonyl (C=O) groups excluding carboxylic acids is 3. The maximum Gasteiger partial charge on any atom is 0.240 e. The van der Waals surface area contributed by atoms with E-state index in [1.165, 1.54) is 42.6 Å². The molecule has 5 rings (SSSR count). The summed E-state index contributed by atoms with van der Waals surface area (Å²) < 4.78 is 18.7. The predicted octanol–water partition coefficient (Wildman–Crippen LogP) is 2.43. The van der Waals surface area contributed by atoms with Crippen LogP contribution < -0.4 is 9.64 Å². The molecule has 31 heavy (non-hydrogen) atoms. The van der Waals surface area contributed by atoms with Crippen molar-refractivity contribution in [3.63, 3.8) is 0 Å². The Morgan fingerprint density at radius 1 is 1.03 bits per heavy atom. The number of ether oxygens (including phenoxy) is 1. The van der Waals surface area contributed by atoms with E-state index in [4.69, 9.17) is 4.74 Å². The minimum absolute atomic E-state index is 0.256. The van der Waals surface area contributed by atoms with E-state index in [1.807, 2.05) is 0 Å². The second-order valence-corrected chi connectivity index (χ2v) is 7.57. The number of para-hydroxylation sites is 2. The summed E-state index contributed by atoms with van der Waals surface area (Å²) in [5.41, 5.74) is 0.601. The highest BCUT2D eigenvalue weighted by atomic mass is 19.1. The molecule has 4 atom stereocenters. The summed E-state index contributed by atoms with van der Waals surface area (Å²) in [4.78, 5) is 41.5. The van der Waals surface area contributed by atoms with E-state index >= 15 is 0 Å². The number of hydrogen-bond acceptors (Lipinski definition) is 6. The number of hydrogen-bond donors (Lipinski definition) is 0. The average molecular weight is 419 g/mol. The van der Waals surface area contributed by atoms with Crippen molar-refractivity contribution in [1.82, 2.24) is 5.01 Å². The number of Topliss-reactive ketones (excluding diaryl/α,β-unsaturated/α-hetero) is 1. The molecule has 2 amide bonds. The van der Waals surface area contributed by atoms with E-state index in [2.05, 4.69) is 5.10 Å². The lowest BCUT2D eigenvalue weighted by molar-refractivity contribution is -0.123. The van der Waals surface area contributed by atoms with Crippen molar-refractivity contribution in [2.24, 2.45) is 16.9 Å². The maximum absolute atomic E-state index is 13.5.